The Hall–Kier alpha value is -2.80. The second-order valence-corrected chi connectivity index (χ2v) is 6.04. The van der Waals surface area contributed by atoms with Crippen LogP contribution in [0.15, 0.2) is 47.4 Å². The fourth-order valence-corrected chi connectivity index (χ4v) is 2.59. The number of benzene rings is 2. The van der Waals surface area contributed by atoms with Gasteiger partial charge in [0.25, 0.3) is 0 Å². The summed E-state index contributed by atoms with van der Waals surface area (Å²) in [6, 6.07) is 8.46. The van der Waals surface area contributed by atoms with E-state index in [2.05, 4.69) is 10.3 Å². The molecule has 8 heteroatoms. The fourth-order valence-electron chi connectivity index (χ4n) is 2.39. The molecule has 3 aromatic rings. The lowest BCUT2D eigenvalue weighted by Gasteiger charge is -2.15. The SMILES string of the molecule is Cc1c(F)cccc1Nc1nc(=O)c(F)cn1Cc1ccc(F)c(Cl)c1. The predicted octanol–water partition coefficient (Wildman–Crippen LogP) is 4.41. The first-order valence-electron chi connectivity index (χ1n) is 7.58. The van der Waals surface area contributed by atoms with Crippen molar-refractivity contribution in [1.29, 1.82) is 0 Å². The molecule has 0 atom stereocenters. The average Bonchev–Trinajstić information content (AvgIpc) is 2.59. The highest BCUT2D eigenvalue weighted by molar-refractivity contribution is 6.30. The van der Waals surface area contributed by atoms with Gasteiger partial charge in [-0.2, -0.15) is 9.37 Å². The van der Waals surface area contributed by atoms with Gasteiger partial charge in [0, 0.05) is 17.4 Å². The highest BCUT2D eigenvalue weighted by atomic mass is 35.5. The van der Waals surface area contributed by atoms with Crippen molar-refractivity contribution < 1.29 is 13.2 Å². The Labute approximate surface area is 151 Å². The van der Waals surface area contributed by atoms with Gasteiger partial charge in [-0.15, -0.1) is 0 Å². The van der Waals surface area contributed by atoms with Gasteiger partial charge in [0.1, 0.15) is 11.6 Å². The third-order valence-corrected chi connectivity index (χ3v) is 4.09. The average molecular weight is 380 g/mol. The number of nitrogens with zero attached hydrogens (tertiary/aromatic N) is 2. The predicted molar refractivity (Wildman–Crippen MR) is 93.4 cm³/mol. The maximum atomic E-state index is 13.7. The maximum absolute atomic E-state index is 13.7. The van der Waals surface area contributed by atoms with E-state index < -0.39 is 23.0 Å². The number of rotatable bonds is 4. The Morgan fingerprint density at radius 1 is 1.12 bits per heavy atom. The molecular weight excluding hydrogens is 367 g/mol. The van der Waals surface area contributed by atoms with Crippen LogP contribution < -0.4 is 10.9 Å². The third kappa shape index (κ3) is 3.72. The normalized spacial score (nSPS) is 10.8. The monoisotopic (exact) mass is 379 g/mol. The van der Waals surface area contributed by atoms with E-state index in [0.29, 0.717) is 16.8 Å². The lowest BCUT2D eigenvalue weighted by Crippen LogP contribution is -2.20. The molecule has 2 aromatic carbocycles. The molecule has 0 saturated carbocycles. The van der Waals surface area contributed by atoms with Crippen LogP contribution >= 0.6 is 11.6 Å². The zero-order chi connectivity index (χ0) is 18.8. The van der Waals surface area contributed by atoms with Crippen LogP contribution in [-0.4, -0.2) is 9.55 Å². The first kappa shape index (κ1) is 18.0. The van der Waals surface area contributed by atoms with Crippen molar-refractivity contribution in [2.45, 2.75) is 13.5 Å². The minimum atomic E-state index is -1.05. The summed E-state index contributed by atoms with van der Waals surface area (Å²) < 4.78 is 42.1. The first-order chi connectivity index (χ1) is 12.3. The Morgan fingerprint density at radius 2 is 1.88 bits per heavy atom. The molecule has 0 saturated heterocycles. The molecule has 134 valence electrons. The second kappa shape index (κ2) is 7.21. The maximum Gasteiger partial charge on any atom is 0.310 e. The minimum absolute atomic E-state index is 0.0190. The molecule has 0 aliphatic heterocycles. The van der Waals surface area contributed by atoms with Gasteiger partial charge in [-0.25, -0.2) is 8.78 Å². The Morgan fingerprint density at radius 3 is 2.62 bits per heavy atom. The Balaban J connectivity index is 2.01. The lowest BCUT2D eigenvalue weighted by atomic mass is 10.2. The molecule has 4 nitrogen and oxygen atoms in total. The van der Waals surface area contributed by atoms with Gasteiger partial charge in [0.05, 0.1) is 11.6 Å². The van der Waals surface area contributed by atoms with Gasteiger partial charge in [0.15, 0.2) is 0 Å². The molecule has 0 aliphatic carbocycles. The topological polar surface area (TPSA) is 46.9 Å². The highest BCUT2D eigenvalue weighted by Crippen LogP contribution is 2.22. The molecule has 0 radical (unpaired) electrons. The Bertz CT molecular complexity index is 1040. The molecule has 0 aliphatic rings. The number of halogens is 4. The zero-order valence-electron chi connectivity index (χ0n) is 13.6. The Kier molecular flexibility index (Phi) is 4.99. The lowest BCUT2D eigenvalue weighted by molar-refractivity contribution is 0.578. The molecule has 0 unspecified atom stereocenters. The van der Waals surface area contributed by atoms with Crippen molar-refractivity contribution in [2.75, 3.05) is 5.32 Å². The summed E-state index contributed by atoms with van der Waals surface area (Å²) in [5.41, 5.74) is 0.229. The number of aromatic nitrogens is 2. The molecule has 26 heavy (non-hydrogen) atoms. The molecule has 0 bridgehead atoms. The second-order valence-electron chi connectivity index (χ2n) is 5.63. The van der Waals surface area contributed by atoms with Crippen LogP contribution in [0.25, 0.3) is 0 Å². The van der Waals surface area contributed by atoms with E-state index in [1.54, 1.807) is 13.0 Å². The van der Waals surface area contributed by atoms with Crippen LogP contribution in [0.1, 0.15) is 11.1 Å². The summed E-state index contributed by atoms with van der Waals surface area (Å²) in [6.07, 6.45) is 0.976. The van der Waals surface area contributed by atoms with Crippen LogP contribution in [0, 0.1) is 24.4 Å². The van der Waals surface area contributed by atoms with Crippen LogP contribution in [-0.2, 0) is 6.54 Å². The quantitative estimate of drug-likeness (QED) is 0.730. The molecule has 3 rings (SSSR count). The molecule has 0 spiro atoms. The van der Waals surface area contributed by atoms with Crippen LogP contribution in [0.2, 0.25) is 5.02 Å². The van der Waals surface area contributed by atoms with E-state index in [9.17, 15) is 18.0 Å². The van der Waals surface area contributed by atoms with Crippen molar-refractivity contribution in [1.82, 2.24) is 9.55 Å². The van der Waals surface area contributed by atoms with Gasteiger partial charge in [-0.1, -0.05) is 23.7 Å². The van der Waals surface area contributed by atoms with Crippen molar-refractivity contribution in [3.8, 4) is 0 Å². The molecule has 0 amide bonds. The molecule has 1 aromatic heterocycles. The van der Waals surface area contributed by atoms with Crippen molar-refractivity contribution in [3.05, 3.63) is 86.6 Å². The van der Waals surface area contributed by atoms with Gasteiger partial charge in [-0.05, 0) is 36.8 Å². The third-order valence-electron chi connectivity index (χ3n) is 3.80. The highest BCUT2D eigenvalue weighted by Gasteiger charge is 2.12. The van der Waals surface area contributed by atoms with Crippen molar-refractivity contribution >= 4 is 23.2 Å². The van der Waals surface area contributed by atoms with Crippen LogP contribution in [0.5, 0.6) is 0 Å². The molecular formula is C18H13ClF3N3O. The fraction of sp³-hybridized carbons (Fsp3) is 0.111. The van der Waals surface area contributed by atoms with Gasteiger partial charge < -0.3 is 9.88 Å². The van der Waals surface area contributed by atoms with Crippen molar-refractivity contribution in [3.63, 3.8) is 0 Å². The van der Waals surface area contributed by atoms with Crippen LogP contribution in [0.3, 0.4) is 0 Å². The van der Waals surface area contributed by atoms with E-state index in [-0.39, 0.29) is 17.5 Å². The summed E-state index contributed by atoms with van der Waals surface area (Å²) >= 11 is 5.76. The number of anilines is 2. The van der Waals surface area contributed by atoms with E-state index in [0.717, 1.165) is 6.20 Å². The van der Waals surface area contributed by atoms with E-state index in [4.69, 9.17) is 11.6 Å². The summed E-state index contributed by atoms with van der Waals surface area (Å²) in [7, 11) is 0. The van der Waals surface area contributed by atoms with Crippen LogP contribution in [0.4, 0.5) is 24.8 Å². The smallest absolute Gasteiger partial charge is 0.310 e. The minimum Gasteiger partial charge on any atom is -0.325 e. The summed E-state index contributed by atoms with van der Waals surface area (Å²) in [5, 5.41) is 2.76. The number of hydrogen-bond acceptors (Lipinski definition) is 3. The number of nitrogens with one attached hydrogen (secondary N) is 1. The zero-order valence-corrected chi connectivity index (χ0v) is 14.3. The summed E-state index contributed by atoms with van der Waals surface area (Å²) in [4.78, 5) is 15.3. The molecule has 1 N–H and O–H groups in total. The van der Waals surface area contributed by atoms with E-state index in [1.807, 2.05) is 0 Å². The largest absolute Gasteiger partial charge is 0.325 e. The van der Waals surface area contributed by atoms with Gasteiger partial charge in [-0.3, -0.25) is 4.79 Å². The van der Waals surface area contributed by atoms with Gasteiger partial charge in [0.2, 0.25) is 11.8 Å². The summed E-state index contributed by atoms with van der Waals surface area (Å²) in [6.45, 7) is 1.63. The summed E-state index contributed by atoms with van der Waals surface area (Å²) in [5.74, 6) is -2.03. The molecule has 0 fully saturated rings. The van der Waals surface area contributed by atoms with E-state index >= 15 is 0 Å². The molecule has 1 heterocycles. The standard InChI is InChI=1S/C18H13ClF3N3O/c1-10-13(20)3-2-4-16(10)23-18-24-17(26)15(22)9-25(18)8-11-5-6-14(21)12(19)7-11/h2-7,9H,8H2,1H3,(H,23,24,26). The number of hydrogen-bond donors (Lipinski definition) is 1. The van der Waals surface area contributed by atoms with Gasteiger partial charge >= 0.3 is 5.56 Å². The van der Waals surface area contributed by atoms with E-state index in [1.165, 1.54) is 34.9 Å². The van der Waals surface area contributed by atoms with Crippen molar-refractivity contribution in [2.24, 2.45) is 0 Å². The first-order valence-corrected chi connectivity index (χ1v) is 7.96.